The van der Waals surface area contributed by atoms with Crippen LogP contribution in [0.15, 0.2) is 24.3 Å². The Balaban J connectivity index is 2.50. The predicted octanol–water partition coefficient (Wildman–Crippen LogP) is 3.67. The SMILES string of the molecule is CCCC(C)NC(=O)Nc1ccc(C(C)NCC)cc1. The molecule has 0 bridgehead atoms. The molecule has 1 rings (SSSR count). The molecule has 20 heavy (non-hydrogen) atoms. The van der Waals surface area contributed by atoms with Crippen molar-refractivity contribution >= 4 is 11.7 Å². The van der Waals surface area contributed by atoms with Gasteiger partial charge < -0.3 is 16.0 Å². The second kappa shape index (κ2) is 8.59. The summed E-state index contributed by atoms with van der Waals surface area (Å²) >= 11 is 0. The maximum absolute atomic E-state index is 11.8. The number of hydrogen-bond donors (Lipinski definition) is 3. The van der Waals surface area contributed by atoms with Crippen LogP contribution in [0.25, 0.3) is 0 Å². The largest absolute Gasteiger partial charge is 0.335 e. The van der Waals surface area contributed by atoms with Gasteiger partial charge >= 0.3 is 6.03 Å². The summed E-state index contributed by atoms with van der Waals surface area (Å²) in [5, 5.41) is 9.15. The number of amides is 2. The Kier molecular flexibility index (Phi) is 7.09. The van der Waals surface area contributed by atoms with Crippen LogP contribution in [0.2, 0.25) is 0 Å². The first-order chi connectivity index (χ1) is 9.56. The molecular formula is C16H27N3O. The van der Waals surface area contributed by atoms with Gasteiger partial charge in [0.2, 0.25) is 0 Å². The summed E-state index contributed by atoms with van der Waals surface area (Å²) in [6.45, 7) is 9.29. The van der Waals surface area contributed by atoms with Crippen LogP contribution >= 0.6 is 0 Å². The fourth-order valence-corrected chi connectivity index (χ4v) is 2.18. The molecule has 0 heterocycles. The fraction of sp³-hybridized carbons (Fsp3) is 0.562. The lowest BCUT2D eigenvalue weighted by atomic mass is 10.1. The Hall–Kier alpha value is -1.55. The first kappa shape index (κ1) is 16.5. The van der Waals surface area contributed by atoms with Crippen LogP contribution in [0.4, 0.5) is 10.5 Å². The van der Waals surface area contributed by atoms with Gasteiger partial charge in [-0.1, -0.05) is 32.4 Å². The Bertz CT molecular complexity index is 403. The molecule has 4 heteroatoms. The molecule has 112 valence electrons. The average Bonchev–Trinajstić information content (AvgIpc) is 2.39. The van der Waals surface area contributed by atoms with Gasteiger partial charge in [0, 0.05) is 17.8 Å². The van der Waals surface area contributed by atoms with E-state index in [2.05, 4.69) is 36.7 Å². The van der Waals surface area contributed by atoms with E-state index in [0.717, 1.165) is 25.1 Å². The van der Waals surface area contributed by atoms with Crippen molar-refractivity contribution in [2.24, 2.45) is 0 Å². The van der Waals surface area contributed by atoms with E-state index < -0.39 is 0 Å². The third-order valence-electron chi connectivity index (χ3n) is 3.28. The van der Waals surface area contributed by atoms with Gasteiger partial charge in [-0.05, 0) is 44.5 Å². The van der Waals surface area contributed by atoms with E-state index in [1.807, 2.05) is 31.2 Å². The summed E-state index contributed by atoms with van der Waals surface area (Å²) in [4.78, 5) is 11.8. The quantitative estimate of drug-likeness (QED) is 0.712. The average molecular weight is 277 g/mol. The maximum Gasteiger partial charge on any atom is 0.319 e. The van der Waals surface area contributed by atoms with Crippen LogP contribution in [-0.2, 0) is 0 Å². The van der Waals surface area contributed by atoms with Gasteiger partial charge in [0.25, 0.3) is 0 Å². The van der Waals surface area contributed by atoms with Gasteiger partial charge in [-0.25, -0.2) is 4.79 Å². The standard InChI is InChI=1S/C16H27N3O/c1-5-7-12(3)18-16(20)19-15-10-8-14(9-11-15)13(4)17-6-2/h8-13,17H,5-7H2,1-4H3,(H2,18,19,20). The highest BCUT2D eigenvalue weighted by Crippen LogP contribution is 2.15. The highest BCUT2D eigenvalue weighted by molar-refractivity contribution is 5.89. The number of carbonyl (C=O) groups excluding carboxylic acids is 1. The van der Waals surface area contributed by atoms with Crippen LogP contribution in [0, 0.1) is 0 Å². The van der Waals surface area contributed by atoms with Gasteiger partial charge in [0.1, 0.15) is 0 Å². The van der Waals surface area contributed by atoms with Crippen LogP contribution in [-0.4, -0.2) is 18.6 Å². The zero-order valence-electron chi connectivity index (χ0n) is 13.0. The molecule has 1 aromatic carbocycles. The summed E-state index contributed by atoms with van der Waals surface area (Å²) in [6.07, 6.45) is 2.06. The van der Waals surface area contributed by atoms with E-state index in [0.29, 0.717) is 6.04 Å². The maximum atomic E-state index is 11.8. The van der Waals surface area contributed by atoms with Gasteiger partial charge in [0.15, 0.2) is 0 Å². The Labute approximate surface area is 122 Å². The highest BCUT2D eigenvalue weighted by Gasteiger charge is 2.07. The first-order valence-electron chi connectivity index (χ1n) is 7.47. The molecule has 2 unspecified atom stereocenters. The minimum absolute atomic E-state index is 0.140. The summed E-state index contributed by atoms with van der Waals surface area (Å²) in [6, 6.07) is 8.34. The molecule has 1 aromatic rings. The van der Waals surface area contributed by atoms with E-state index in [1.165, 1.54) is 5.56 Å². The normalized spacial score (nSPS) is 13.6. The minimum atomic E-state index is -0.140. The van der Waals surface area contributed by atoms with Crippen molar-refractivity contribution in [2.75, 3.05) is 11.9 Å². The van der Waals surface area contributed by atoms with E-state index >= 15 is 0 Å². The fourth-order valence-electron chi connectivity index (χ4n) is 2.18. The summed E-state index contributed by atoms with van der Waals surface area (Å²) in [5.41, 5.74) is 2.04. The summed E-state index contributed by atoms with van der Waals surface area (Å²) in [7, 11) is 0. The molecule has 0 fully saturated rings. The van der Waals surface area contributed by atoms with Gasteiger partial charge in [-0.3, -0.25) is 0 Å². The summed E-state index contributed by atoms with van der Waals surface area (Å²) in [5.74, 6) is 0. The van der Waals surface area contributed by atoms with Crippen molar-refractivity contribution in [3.05, 3.63) is 29.8 Å². The van der Waals surface area contributed by atoms with Crippen LogP contribution < -0.4 is 16.0 Å². The predicted molar refractivity (Wildman–Crippen MR) is 85.1 cm³/mol. The van der Waals surface area contributed by atoms with Crippen molar-refractivity contribution in [1.29, 1.82) is 0 Å². The molecule has 0 saturated carbocycles. The molecule has 0 radical (unpaired) electrons. The number of nitrogens with one attached hydrogen (secondary N) is 3. The zero-order valence-corrected chi connectivity index (χ0v) is 13.0. The molecule has 0 aromatic heterocycles. The van der Waals surface area contributed by atoms with Crippen molar-refractivity contribution < 1.29 is 4.79 Å². The third-order valence-corrected chi connectivity index (χ3v) is 3.28. The zero-order chi connectivity index (χ0) is 15.0. The smallest absolute Gasteiger partial charge is 0.319 e. The number of hydrogen-bond acceptors (Lipinski definition) is 2. The minimum Gasteiger partial charge on any atom is -0.335 e. The molecule has 0 spiro atoms. The van der Waals surface area contributed by atoms with Crippen LogP contribution in [0.3, 0.4) is 0 Å². The Morgan fingerprint density at radius 3 is 2.35 bits per heavy atom. The summed E-state index contributed by atoms with van der Waals surface area (Å²) < 4.78 is 0. The van der Waals surface area contributed by atoms with E-state index in [4.69, 9.17) is 0 Å². The number of rotatable bonds is 7. The molecule has 0 aliphatic rings. The second-order valence-corrected chi connectivity index (χ2v) is 5.19. The Morgan fingerprint density at radius 2 is 1.80 bits per heavy atom. The molecule has 2 atom stereocenters. The third kappa shape index (κ3) is 5.61. The lowest BCUT2D eigenvalue weighted by molar-refractivity contribution is 0.248. The van der Waals surface area contributed by atoms with Gasteiger partial charge in [-0.15, -0.1) is 0 Å². The number of benzene rings is 1. The van der Waals surface area contributed by atoms with Crippen molar-refractivity contribution in [1.82, 2.24) is 10.6 Å². The van der Waals surface area contributed by atoms with Crippen molar-refractivity contribution in [2.45, 2.75) is 52.6 Å². The highest BCUT2D eigenvalue weighted by atomic mass is 16.2. The van der Waals surface area contributed by atoms with E-state index in [1.54, 1.807) is 0 Å². The molecule has 0 aliphatic heterocycles. The molecule has 2 amide bonds. The molecule has 0 aliphatic carbocycles. The lowest BCUT2D eigenvalue weighted by Crippen LogP contribution is -2.35. The van der Waals surface area contributed by atoms with Crippen LogP contribution in [0.5, 0.6) is 0 Å². The topological polar surface area (TPSA) is 53.2 Å². The monoisotopic (exact) mass is 277 g/mol. The van der Waals surface area contributed by atoms with Crippen molar-refractivity contribution in [3.8, 4) is 0 Å². The van der Waals surface area contributed by atoms with E-state index in [-0.39, 0.29) is 12.1 Å². The lowest BCUT2D eigenvalue weighted by Gasteiger charge is -2.15. The van der Waals surface area contributed by atoms with Gasteiger partial charge in [-0.2, -0.15) is 0 Å². The van der Waals surface area contributed by atoms with Crippen molar-refractivity contribution in [3.63, 3.8) is 0 Å². The molecule has 3 N–H and O–H groups in total. The molecular weight excluding hydrogens is 250 g/mol. The number of urea groups is 1. The van der Waals surface area contributed by atoms with Crippen LogP contribution in [0.1, 0.15) is 52.1 Å². The van der Waals surface area contributed by atoms with Gasteiger partial charge in [0.05, 0.1) is 0 Å². The first-order valence-corrected chi connectivity index (χ1v) is 7.47. The Morgan fingerprint density at radius 1 is 1.15 bits per heavy atom. The number of carbonyl (C=O) groups is 1. The molecule has 4 nitrogen and oxygen atoms in total. The molecule has 0 saturated heterocycles. The van der Waals surface area contributed by atoms with E-state index in [9.17, 15) is 4.79 Å². The second-order valence-electron chi connectivity index (χ2n) is 5.19. The number of anilines is 1.